The number of carbonyl (C=O) groups excluding carboxylic acids is 2. The van der Waals surface area contributed by atoms with Crippen LogP contribution in [0.5, 0.6) is 0 Å². The first-order chi connectivity index (χ1) is 16.7. The largest absolute Gasteiger partial charge is 0.321 e. The van der Waals surface area contributed by atoms with Crippen LogP contribution in [0.2, 0.25) is 5.02 Å². The highest BCUT2D eigenvalue weighted by Crippen LogP contribution is 2.23. The maximum atomic E-state index is 13.0. The number of ketones is 1. The van der Waals surface area contributed by atoms with Gasteiger partial charge in [0.15, 0.2) is 5.78 Å². The van der Waals surface area contributed by atoms with Crippen molar-refractivity contribution in [2.45, 2.75) is 11.8 Å². The Morgan fingerprint density at radius 3 is 2.09 bits per heavy atom. The van der Waals surface area contributed by atoms with E-state index >= 15 is 0 Å². The molecule has 0 unspecified atom stereocenters. The Kier molecular flexibility index (Phi) is 7.00. The first-order valence-corrected chi connectivity index (χ1v) is 12.5. The molecular formula is C27H21ClN2O4S. The summed E-state index contributed by atoms with van der Waals surface area (Å²) < 4.78 is 27.6. The van der Waals surface area contributed by atoms with Crippen LogP contribution in [0.25, 0.3) is 0 Å². The van der Waals surface area contributed by atoms with Gasteiger partial charge < -0.3 is 5.32 Å². The monoisotopic (exact) mass is 504 g/mol. The second kappa shape index (κ2) is 10.1. The van der Waals surface area contributed by atoms with E-state index in [-0.39, 0.29) is 10.7 Å². The molecule has 0 atom stereocenters. The predicted octanol–water partition coefficient (Wildman–Crippen LogP) is 5.93. The van der Waals surface area contributed by atoms with Crippen molar-refractivity contribution in [3.05, 3.63) is 124 Å². The van der Waals surface area contributed by atoms with Crippen LogP contribution < -0.4 is 10.0 Å². The summed E-state index contributed by atoms with van der Waals surface area (Å²) in [7, 11) is -3.80. The minimum absolute atomic E-state index is 0.0682. The standard InChI is InChI=1S/C27H21ClN2O4S/c1-18-7-16-25(24(17-18)26(31)19-5-3-2-4-6-19)29-27(32)20-8-12-22(13-9-20)30-35(33,34)23-14-10-21(28)11-15-23/h2-17,30H,1H3,(H,29,32). The molecule has 0 aromatic heterocycles. The molecule has 0 bridgehead atoms. The van der Waals surface area contributed by atoms with Crippen LogP contribution in [-0.2, 0) is 10.0 Å². The molecule has 4 rings (SSSR count). The van der Waals surface area contributed by atoms with E-state index < -0.39 is 15.9 Å². The van der Waals surface area contributed by atoms with Gasteiger partial charge in [0.1, 0.15) is 0 Å². The van der Waals surface area contributed by atoms with Crippen molar-refractivity contribution in [1.29, 1.82) is 0 Å². The average Bonchev–Trinajstić information content (AvgIpc) is 2.85. The lowest BCUT2D eigenvalue weighted by atomic mass is 9.99. The summed E-state index contributed by atoms with van der Waals surface area (Å²) in [6.07, 6.45) is 0. The zero-order valence-electron chi connectivity index (χ0n) is 18.7. The summed E-state index contributed by atoms with van der Waals surface area (Å²) in [5.41, 5.74) is 2.79. The van der Waals surface area contributed by atoms with Crippen LogP contribution in [0.1, 0.15) is 31.8 Å². The molecule has 1 amide bonds. The average molecular weight is 505 g/mol. The maximum absolute atomic E-state index is 13.0. The van der Waals surface area contributed by atoms with Gasteiger partial charge in [0.25, 0.3) is 15.9 Å². The molecule has 2 N–H and O–H groups in total. The lowest BCUT2D eigenvalue weighted by molar-refractivity contribution is 0.102. The van der Waals surface area contributed by atoms with Crippen molar-refractivity contribution < 1.29 is 18.0 Å². The number of benzene rings is 4. The zero-order chi connectivity index (χ0) is 25.0. The van der Waals surface area contributed by atoms with Gasteiger partial charge >= 0.3 is 0 Å². The van der Waals surface area contributed by atoms with Gasteiger partial charge in [0.05, 0.1) is 10.6 Å². The number of rotatable bonds is 7. The van der Waals surface area contributed by atoms with Crippen molar-refractivity contribution in [1.82, 2.24) is 0 Å². The van der Waals surface area contributed by atoms with Crippen LogP contribution >= 0.6 is 11.6 Å². The number of nitrogens with one attached hydrogen (secondary N) is 2. The van der Waals surface area contributed by atoms with Gasteiger partial charge in [-0.05, 0) is 67.6 Å². The molecule has 0 heterocycles. The summed E-state index contributed by atoms with van der Waals surface area (Å²) >= 11 is 5.82. The molecule has 0 aliphatic heterocycles. The van der Waals surface area contributed by atoms with E-state index in [2.05, 4.69) is 10.0 Å². The summed E-state index contributed by atoms with van der Waals surface area (Å²) in [5, 5.41) is 3.22. The topological polar surface area (TPSA) is 92.3 Å². The van der Waals surface area contributed by atoms with Gasteiger partial charge in [-0.1, -0.05) is 53.6 Å². The van der Waals surface area contributed by atoms with Crippen LogP contribution in [0.4, 0.5) is 11.4 Å². The number of amides is 1. The molecule has 6 nitrogen and oxygen atoms in total. The minimum atomic E-state index is -3.80. The molecule has 176 valence electrons. The Hall–Kier alpha value is -3.94. The third kappa shape index (κ3) is 5.77. The van der Waals surface area contributed by atoms with Gasteiger partial charge in [-0.25, -0.2) is 8.42 Å². The SMILES string of the molecule is Cc1ccc(NC(=O)c2ccc(NS(=O)(=O)c3ccc(Cl)cc3)cc2)c(C(=O)c2ccccc2)c1. The number of halogens is 1. The van der Waals surface area contributed by atoms with Gasteiger partial charge in [-0.3, -0.25) is 14.3 Å². The van der Waals surface area contributed by atoms with Gasteiger partial charge in [0.2, 0.25) is 0 Å². The quantitative estimate of drug-likeness (QED) is 0.305. The third-order valence-electron chi connectivity index (χ3n) is 5.23. The highest BCUT2D eigenvalue weighted by atomic mass is 35.5. The van der Waals surface area contributed by atoms with Crippen LogP contribution in [0.3, 0.4) is 0 Å². The van der Waals surface area contributed by atoms with Crippen molar-refractivity contribution in [2.24, 2.45) is 0 Å². The molecule has 4 aromatic carbocycles. The van der Waals surface area contributed by atoms with Crippen LogP contribution in [-0.4, -0.2) is 20.1 Å². The smallest absolute Gasteiger partial charge is 0.261 e. The third-order valence-corrected chi connectivity index (χ3v) is 6.88. The summed E-state index contributed by atoms with van der Waals surface area (Å²) in [4.78, 5) is 26.0. The van der Waals surface area contributed by atoms with Gasteiger partial charge in [-0.2, -0.15) is 0 Å². The first-order valence-electron chi connectivity index (χ1n) is 10.6. The molecule has 35 heavy (non-hydrogen) atoms. The first kappa shape index (κ1) is 24.2. The van der Waals surface area contributed by atoms with E-state index in [9.17, 15) is 18.0 Å². The normalized spacial score (nSPS) is 11.0. The van der Waals surface area contributed by atoms with E-state index in [0.717, 1.165) is 5.56 Å². The fourth-order valence-electron chi connectivity index (χ4n) is 3.41. The summed E-state index contributed by atoms with van der Waals surface area (Å²) in [5.74, 6) is -0.625. The Morgan fingerprint density at radius 1 is 0.771 bits per heavy atom. The van der Waals surface area contributed by atoms with E-state index in [0.29, 0.717) is 33.1 Å². The van der Waals surface area contributed by atoms with E-state index in [1.54, 1.807) is 36.4 Å². The summed E-state index contributed by atoms with van der Waals surface area (Å²) in [6, 6.07) is 25.9. The lowest BCUT2D eigenvalue weighted by Crippen LogP contribution is -2.16. The molecule has 0 saturated heterocycles. The minimum Gasteiger partial charge on any atom is -0.321 e. The molecular weight excluding hydrogens is 484 g/mol. The molecule has 4 aromatic rings. The Labute approximate surface area is 208 Å². The van der Waals surface area contributed by atoms with Crippen LogP contribution in [0, 0.1) is 6.92 Å². The Balaban J connectivity index is 1.51. The molecule has 8 heteroatoms. The Morgan fingerprint density at radius 2 is 1.43 bits per heavy atom. The number of aryl methyl sites for hydroxylation is 1. The molecule has 0 spiro atoms. The molecule has 0 radical (unpaired) electrons. The second-order valence-corrected chi connectivity index (χ2v) is 9.95. The number of hydrogen-bond donors (Lipinski definition) is 2. The maximum Gasteiger partial charge on any atom is 0.261 e. The van der Waals surface area contributed by atoms with Gasteiger partial charge in [-0.15, -0.1) is 0 Å². The predicted molar refractivity (Wildman–Crippen MR) is 138 cm³/mol. The number of carbonyl (C=O) groups is 2. The molecule has 0 aliphatic carbocycles. The van der Waals surface area contributed by atoms with E-state index in [1.165, 1.54) is 48.5 Å². The fourth-order valence-corrected chi connectivity index (χ4v) is 4.60. The zero-order valence-corrected chi connectivity index (χ0v) is 20.2. The second-order valence-electron chi connectivity index (χ2n) is 7.84. The van der Waals surface area contributed by atoms with Crippen molar-refractivity contribution >= 4 is 44.7 Å². The highest BCUT2D eigenvalue weighted by molar-refractivity contribution is 7.92. The molecule has 0 fully saturated rings. The number of sulfonamides is 1. The number of anilines is 2. The van der Waals surface area contributed by atoms with E-state index in [4.69, 9.17) is 11.6 Å². The molecule has 0 aliphatic rings. The lowest BCUT2D eigenvalue weighted by Gasteiger charge is -2.12. The van der Waals surface area contributed by atoms with E-state index in [1.807, 2.05) is 19.1 Å². The van der Waals surface area contributed by atoms with Gasteiger partial charge in [0, 0.05) is 27.4 Å². The van der Waals surface area contributed by atoms with Crippen LogP contribution in [0.15, 0.2) is 102 Å². The van der Waals surface area contributed by atoms with Crippen molar-refractivity contribution in [3.63, 3.8) is 0 Å². The molecule has 0 saturated carbocycles. The van der Waals surface area contributed by atoms with Crippen molar-refractivity contribution in [3.8, 4) is 0 Å². The fraction of sp³-hybridized carbons (Fsp3) is 0.0370. The summed E-state index contributed by atoms with van der Waals surface area (Å²) in [6.45, 7) is 1.87. The van der Waals surface area contributed by atoms with Crippen molar-refractivity contribution in [2.75, 3.05) is 10.0 Å². The number of hydrogen-bond acceptors (Lipinski definition) is 4. The Bertz CT molecular complexity index is 1480. The highest BCUT2D eigenvalue weighted by Gasteiger charge is 2.17.